The van der Waals surface area contributed by atoms with Crippen molar-refractivity contribution < 1.29 is 0 Å². The lowest BCUT2D eigenvalue weighted by Crippen LogP contribution is -2.26. The van der Waals surface area contributed by atoms with Crippen molar-refractivity contribution in [3.63, 3.8) is 0 Å². The highest BCUT2D eigenvalue weighted by Crippen LogP contribution is 2.39. The van der Waals surface area contributed by atoms with Crippen molar-refractivity contribution in [1.29, 1.82) is 0 Å². The lowest BCUT2D eigenvalue weighted by atomic mass is 10.1. The van der Waals surface area contributed by atoms with Crippen LogP contribution in [-0.2, 0) is 0 Å². The molecule has 0 spiro atoms. The van der Waals surface area contributed by atoms with Crippen molar-refractivity contribution in [3.8, 4) is 0 Å². The van der Waals surface area contributed by atoms with Crippen LogP contribution in [0.2, 0.25) is 0 Å². The summed E-state index contributed by atoms with van der Waals surface area (Å²) in [4.78, 5) is 0. The molecule has 0 aromatic rings. The minimum Gasteiger partial charge on any atom is -0.314 e. The highest BCUT2D eigenvalue weighted by atomic mass is 15.0. The van der Waals surface area contributed by atoms with Crippen molar-refractivity contribution >= 4 is 0 Å². The van der Waals surface area contributed by atoms with E-state index in [0.29, 0.717) is 5.54 Å². The third kappa shape index (κ3) is 1.55. The molecule has 0 unspecified atom stereocenters. The summed E-state index contributed by atoms with van der Waals surface area (Å²) in [6.07, 6.45) is 3.82. The minimum absolute atomic E-state index is 0.464. The van der Waals surface area contributed by atoms with Gasteiger partial charge in [0, 0.05) is 5.54 Å². The highest BCUT2D eigenvalue weighted by Gasteiger charge is 2.40. The van der Waals surface area contributed by atoms with Gasteiger partial charge in [0.15, 0.2) is 0 Å². The van der Waals surface area contributed by atoms with E-state index in [1.54, 1.807) is 0 Å². The molecular formula is C8H15N. The summed E-state index contributed by atoms with van der Waals surface area (Å²) in [5.41, 5.74) is 1.76. The molecule has 1 heteroatoms. The van der Waals surface area contributed by atoms with Gasteiger partial charge in [0.2, 0.25) is 0 Å². The molecule has 0 aliphatic heterocycles. The summed E-state index contributed by atoms with van der Waals surface area (Å²) in [6.45, 7) is 5.98. The van der Waals surface area contributed by atoms with Gasteiger partial charge in [-0.1, -0.05) is 5.57 Å². The molecule has 52 valence electrons. The Morgan fingerprint density at radius 1 is 1.67 bits per heavy atom. The molecule has 1 rings (SSSR count). The van der Waals surface area contributed by atoms with E-state index >= 15 is 0 Å². The monoisotopic (exact) mass is 125 g/mol. The predicted octanol–water partition coefficient (Wildman–Crippen LogP) is 1.70. The molecule has 1 nitrogen and oxygen atoms in total. The molecule has 1 aliphatic carbocycles. The molecule has 1 saturated carbocycles. The first-order valence-electron chi connectivity index (χ1n) is 3.52. The normalized spacial score (nSPS) is 21.6. The molecule has 0 bridgehead atoms. The van der Waals surface area contributed by atoms with Crippen LogP contribution in [0.4, 0.5) is 0 Å². The van der Waals surface area contributed by atoms with Gasteiger partial charge >= 0.3 is 0 Å². The number of hydrogen-bond donors (Lipinski definition) is 1. The third-order valence-corrected chi connectivity index (χ3v) is 2.02. The van der Waals surface area contributed by atoms with Gasteiger partial charge in [0.25, 0.3) is 0 Å². The Balaban J connectivity index is 2.33. The topological polar surface area (TPSA) is 12.0 Å². The van der Waals surface area contributed by atoms with E-state index in [9.17, 15) is 0 Å². The van der Waals surface area contributed by atoms with Crippen LogP contribution in [0.15, 0.2) is 12.2 Å². The average molecular weight is 125 g/mol. The van der Waals surface area contributed by atoms with E-state index in [1.807, 2.05) is 7.05 Å². The zero-order chi connectivity index (χ0) is 6.91. The lowest BCUT2D eigenvalue weighted by molar-refractivity contribution is 0.547. The standard InChI is InChI=1S/C8H15N/c1-7(2)6-8(9-3)4-5-8/h9H,1,4-6H2,2-3H3. The first-order valence-corrected chi connectivity index (χ1v) is 3.52. The fourth-order valence-corrected chi connectivity index (χ4v) is 1.24. The quantitative estimate of drug-likeness (QED) is 0.566. The summed E-state index contributed by atoms with van der Waals surface area (Å²) in [5.74, 6) is 0. The van der Waals surface area contributed by atoms with Gasteiger partial charge in [-0.15, -0.1) is 6.58 Å². The first-order chi connectivity index (χ1) is 4.18. The van der Waals surface area contributed by atoms with Crippen LogP contribution in [0.3, 0.4) is 0 Å². The largest absolute Gasteiger partial charge is 0.314 e. The smallest absolute Gasteiger partial charge is 0.0216 e. The Morgan fingerprint density at radius 2 is 2.22 bits per heavy atom. The Hall–Kier alpha value is -0.300. The summed E-state index contributed by atoms with van der Waals surface area (Å²) in [7, 11) is 2.04. The van der Waals surface area contributed by atoms with E-state index in [-0.39, 0.29) is 0 Å². The molecule has 0 heterocycles. The van der Waals surface area contributed by atoms with Gasteiger partial charge < -0.3 is 5.32 Å². The Bertz CT molecular complexity index is 123. The van der Waals surface area contributed by atoms with E-state index < -0.39 is 0 Å². The van der Waals surface area contributed by atoms with Gasteiger partial charge in [-0.3, -0.25) is 0 Å². The second-order valence-electron chi connectivity index (χ2n) is 3.16. The van der Waals surface area contributed by atoms with Gasteiger partial charge in [-0.25, -0.2) is 0 Å². The second kappa shape index (κ2) is 2.14. The Labute approximate surface area is 57.1 Å². The lowest BCUT2D eigenvalue weighted by Gasteiger charge is -2.12. The van der Waals surface area contributed by atoms with Crippen LogP contribution in [0.25, 0.3) is 0 Å². The number of rotatable bonds is 3. The number of nitrogens with one attached hydrogen (secondary N) is 1. The van der Waals surface area contributed by atoms with E-state index in [2.05, 4.69) is 18.8 Å². The van der Waals surface area contributed by atoms with Crippen molar-refractivity contribution in [2.75, 3.05) is 7.05 Å². The fraction of sp³-hybridized carbons (Fsp3) is 0.750. The van der Waals surface area contributed by atoms with Crippen molar-refractivity contribution in [1.82, 2.24) is 5.32 Å². The maximum atomic E-state index is 3.89. The van der Waals surface area contributed by atoms with Crippen molar-refractivity contribution in [2.45, 2.75) is 31.7 Å². The van der Waals surface area contributed by atoms with Crippen molar-refractivity contribution in [2.24, 2.45) is 0 Å². The molecule has 9 heavy (non-hydrogen) atoms. The van der Waals surface area contributed by atoms with E-state index in [4.69, 9.17) is 0 Å². The Morgan fingerprint density at radius 3 is 2.33 bits per heavy atom. The molecule has 1 fully saturated rings. The molecular weight excluding hydrogens is 110 g/mol. The first kappa shape index (κ1) is 6.81. The molecule has 0 aromatic carbocycles. The predicted molar refractivity (Wildman–Crippen MR) is 40.5 cm³/mol. The molecule has 0 amide bonds. The van der Waals surface area contributed by atoms with Gasteiger partial charge in [0.05, 0.1) is 0 Å². The minimum atomic E-state index is 0.464. The maximum Gasteiger partial charge on any atom is 0.0216 e. The van der Waals surface area contributed by atoms with E-state index in [0.717, 1.165) is 6.42 Å². The summed E-state index contributed by atoms with van der Waals surface area (Å²) in [5, 5.41) is 3.32. The fourth-order valence-electron chi connectivity index (χ4n) is 1.24. The van der Waals surface area contributed by atoms with Crippen LogP contribution in [-0.4, -0.2) is 12.6 Å². The van der Waals surface area contributed by atoms with Crippen LogP contribution < -0.4 is 5.32 Å². The van der Waals surface area contributed by atoms with Gasteiger partial charge in [0.1, 0.15) is 0 Å². The van der Waals surface area contributed by atoms with E-state index in [1.165, 1.54) is 18.4 Å². The zero-order valence-corrected chi connectivity index (χ0v) is 6.33. The molecule has 1 aliphatic rings. The summed E-state index contributed by atoms with van der Waals surface area (Å²) < 4.78 is 0. The highest BCUT2D eigenvalue weighted by molar-refractivity contribution is 5.09. The average Bonchev–Trinajstić information content (AvgIpc) is 2.48. The summed E-state index contributed by atoms with van der Waals surface area (Å²) in [6, 6.07) is 0. The van der Waals surface area contributed by atoms with Crippen LogP contribution in [0, 0.1) is 0 Å². The molecule has 0 radical (unpaired) electrons. The molecule has 0 atom stereocenters. The van der Waals surface area contributed by atoms with Gasteiger partial charge in [-0.05, 0) is 33.2 Å². The second-order valence-corrected chi connectivity index (χ2v) is 3.16. The Kier molecular flexibility index (Phi) is 1.62. The maximum absolute atomic E-state index is 3.89. The van der Waals surface area contributed by atoms with Crippen LogP contribution in [0.1, 0.15) is 26.2 Å². The van der Waals surface area contributed by atoms with Crippen LogP contribution >= 0.6 is 0 Å². The molecule has 0 aromatic heterocycles. The SMILES string of the molecule is C=C(C)CC1(NC)CC1. The molecule has 1 N–H and O–H groups in total. The summed E-state index contributed by atoms with van der Waals surface area (Å²) >= 11 is 0. The van der Waals surface area contributed by atoms with Crippen LogP contribution in [0.5, 0.6) is 0 Å². The molecule has 0 saturated heterocycles. The number of hydrogen-bond acceptors (Lipinski definition) is 1. The third-order valence-electron chi connectivity index (χ3n) is 2.02. The van der Waals surface area contributed by atoms with Gasteiger partial charge in [-0.2, -0.15) is 0 Å². The zero-order valence-electron chi connectivity index (χ0n) is 6.33. The van der Waals surface area contributed by atoms with Crippen molar-refractivity contribution in [3.05, 3.63) is 12.2 Å².